The van der Waals surface area contributed by atoms with E-state index in [-0.39, 0.29) is 12.1 Å². The summed E-state index contributed by atoms with van der Waals surface area (Å²) < 4.78 is 4.24. The van der Waals surface area contributed by atoms with Gasteiger partial charge in [-0.15, -0.1) is 0 Å². The number of rotatable bonds is 0. The Balaban J connectivity index is 2.65. The largest absolute Gasteiger partial charge is 0.452 e. The van der Waals surface area contributed by atoms with Gasteiger partial charge in [0.1, 0.15) is 11.5 Å². The molecule has 0 N–H and O–H groups in total. The van der Waals surface area contributed by atoms with Crippen molar-refractivity contribution in [2.24, 2.45) is 0 Å². The molecule has 0 aromatic rings. The minimum absolute atomic E-state index is 0.00894. The van der Waals surface area contributed by atoms with E-state index in [1.54, 1.807) is 0 Å². The Morgan fingerprint density at radius 3 is 2.73 bits per heavy atom. The van der Waals surface area contributed by atoms with Crippen molar-refractivity contribution in [3.8, 4) is 0 Å². The number of carbonyl (C=O) groups excluding carboxylic acids is 3. The van der Waals surface area contributed by atoms with Gasteiger partial charge in [0.15, 0.2) is 0 Å². The van der Waals surface area contributed by atoms with Crippen molar-refractivity contribution in [2.45, 2.75) is 0 Å². The molecule has 5 nitrogen and oxygen atoms in total. The van der Waals surface area contributed by atoms with E-state index in [0.29, 0.717) is 0 Å². The Morgan fingerprint density at radius 2 is 2.36 bits per heavy atom. The van der Waals surface area contributed by atoms with Gasteiger partial charge in [-0.3, -0.25) is 4.79 Å². The highest BCUT2D eigenvalue weighted by molar-refractivity contribution is 6.13. The molecule has 5 heteroatoms. The molecule has 0 spiro atoms. The smallest absolute Gasteiger partial charge is 0.416 e. The number of nitrogens with zero attached hydrogens (tertiary/aromatic N) is 1. The first-order valence-corrected chi connectivity index (χ1v) is 2.84. The van der Waals surface area contributed by atoms with Crippen LogP contribution in [0.5, 0.6) is 0 Å². The normalized spacial score (nSPS) is 15.5. The van der Waals surface area contributed by atoms with E-state index in [0.717, 1.165) is 12.0 Å². The van der Waals surface area contributed by atoms with E-state index in [4.69, 9.17) is 0 Å². The Morgan fingerprint density at radius 1 is 1.73 bits per heavy atom. The molecule has 58 valence electrons. The number of methoxy groups -OCH3 is 1. The van der Waals surface area contributed by atoms with Crippen LogP contribution in [-0.4, -0.2) is 36.5 Å². The highest BCUT2D eigenvalue weighted by Crippen LogP contribution is 2.13. The Labute approximate surface area is 62.2 Å². The molecule has 0 saturated carbocycles. The molecule has 0 atom stereocenters. The van der Waals surface area contributed by atoms with Crippen LogP contribution in [0, 0.1) is 0 Å². The van der Waals surface area contributed by atoms with Gasteiger partial charge in [-0.1, -0.05) is 0 Å². The average Bonchev–Trinajstić information content (AvgIpc) is 2.02. The minimum atomic E-state index is -0.742. The fourth-order valence-electron chi connectivity index (χ4n) is 0.703. The first-order chi connectivity index (χ1) is 5.20. The molecule has 0 unspecified atom stereocenters. The fourth-order valence-corrected chi connectivity index (χ4v) is 0.703. The molecule has 0 aliphatic carbocycles. The lowest BCUT2D eigenvalue weighted by Crippen LogP contribution is -2.49. The number of amides is 2. The predicted molar refractivity (Wildman–Crippen MR) is 33.3 cm³/mol. The number of hydrogen-bond donors (Lipinski definition) is 0. The Kier molecular flexibility index (Phi) is 1.74. The zero-order valence-corrected chi connectivity index (χ0v) is 5.79. The molecule has 1 aliphatic heterocycles. The zero-order valence-electron chi connectivity index (χ0n) is 5.79. The van der Waals surface area contributed by atoms with E-state index in [2.05, 4.69) is 4.74 Å². The molecular formula is C6H5NO4. The number of carbonyl (C=O) groups is 2. The summed E-state index contributed by atoms with van der Waals surface area (Å²) in [5, 5.41) is 0. The van der Waals surface area contributed by atoms with E-state index < -0.39 is 12.0 Å². The summed E-state index contributed by atoms with van der Waals surface area (Å²) in [5.74, 6) is 0.809. The maximum absolute atomic E-state index is 10.7. The SMILES string of the molecule is COC(=O)N1CC(=C=O)C1=O. The van der Waals surface area contributed by atoms with Gasteiger partial charge in [-0.2, -0.15) is 0 Å². The van der Waals surface area contributed by atoms with Crippen LogP contribution < -0.4 is 0 Å². The van der Waals surface area contributed by atoms with E-state index in [1.807, 2.05) is 0 Å². The molecular weight excluding hydrogens is 150 g/mol. The summed E-state index contributed by atoms with van der Waals surface area (Å²) in [6.07, 6.45) is -0.742. The molecule has 0 radical (unpaired) electrons. The van der Waals surface area contributed by atoms with Gasteiger partial charge in [0.25, 0.3) is 5.91 Å². The third-order valence-corrected chi connectivity index (χ3v) is 1.34. The second kappa shape index (κ2) is 2.56. The highest BCUT2D eigenvalue weighted by atomic mass is 16.5. The van der Waals surface area contributed by atoms with Crippen LogP contribution in [0.2, 0.25) is 0 Å². The Bertz CT molecular complexity index is 264. The first kappa shape index (κ1) is 7.50. The van der Waals surface area contributed by atoms with Crippen molar-refractivity contribution in [3.05, 3.63) is 5.57 Å². The molecule has 2 amide bonds. The van der Waals surface area contributed by atoms with Crippen molar-refractivity contribution >= 4 is 17.9 Å². The number of ether oxygens (including phenoxy) is 1. The average molecular weight is 155 g/mol. The summed E-state index contributed by atoms with van der Waals surface area (Å²) >= 11 is 0. The number of β-lactam (4-membered cyclic amide) rings is 1. The minimum Gasteiger partial charge on any atom is -0.452 e. The van der Waals surface area contributed by atoms with Crippen LogP contribution in [0.15, 0.2) is 5.57 Å². The van der Waals surface area contributed by atoms with Crippen molar-refractivity contribution in [1.82, 2.24) is 4.90 Å². The van der Waals surface area contributed by atoms with Crippen molar-refractivity contribution in [3.63, 3.8) is 0 Å². The lowest BCUT2D eigenvalue weighted by Gasteiger charge is -2.26. The van der Waals surface area contributed by atoms with Crippen LogP contribution in [0.1, 0.15) is 0 Å². The molecule has 1 rings (SSSR count). The van der Waals surface area contributed by atoms with Crippen LogP contribution in [0.3, 0.4) is 0 Å². The van der Waals surface area contributed by atoms with Crippen LogP contribution in [0.4, 0.5) is 4.79 Å². The van der Waals surface area contributed by atoms with Gasteiger partial charge in [-0.05, 0) is 0 Å². The maximum Gasteiger partial charge on any atom is 0.416 e. The van der Waals surface area contributed by atoms with Crippen LogP contribution >= 0.6 is 0 Å². The van der Waals surface area contributed by atoms with Crippen LogP contribution in [-0.2, 0) is 14.3 Å². The second-order valence-electron chi connectivity index (χ2n) is 1.94. The molecule has 1 saturated heterocycles. The monoisotopic (exact) mass is 155 g/mol. The topological polar surface area (TPSA) is 63.7 Å². The molecule has 1 aliphatic rings. The zero-order chi connectivity index (χ0) is 8.43. The molecule has 11 heavy (non-hydrogen) atoms. The molecule has 0 bridgehead atoms. The molecule has 1 heterocycles. The first-order valence-electron chi connectivity index (χ1n) is 2.84. The third kappa shape index (κ3) is 1.01. The fraction of sp³-hybridized carbons (Fsp3) is 0.333. The van der Waals surface area contributed by atoms with Gasteiger partial charge in [0, 0.05) is 0 Å². The standard InChI is InChI=1S/C6H5NO4/c1-11-6(10)7-2-4(3-8)5(7)9/h2H2,1H3. The molecule has 0 aromatic carbocycles. The van der Waals surface area contributed by atoms with Crippen molar-refractivity contribution in [2.75, 3.05) is 13.7 Å². The third-order valence-electron chi connectivity index (χ3n) is 1.34. The van der Waals surface area contributed by atoms with E-state index in [1.165, 1.54) is 5.94 Å². The van der Waals surface area contributed by atoms with E-state index in [9.17, 15) is 14.4 Å². The number of likely N-dealkylation sites (tertiary alicyclic amines) is 1. The van der Waals surface area contributed by atoms with Crippen molar-refractivity contribution < 1.29 is 19.1 Å². The summed E-state index contributed by atoms with van der Waals surface area (Å²) in [5.41, 5.74) is -0.0181. The van der Waals surface area contributed by atoms with E-state index >= 15 is 0 Å². The quantitative estimate of drug-likeness (QED) is 0.265. The van der Waals surface area contributed by atoms with Gasteiger partial charge < -0.3 is 4.74 Å². The van der Waals surface area contributed by atoms with Crippen molar-refractivity contribution in [1.29, 1.82) is 0 Å². The Hall–Kier alpha value is -1.61. The predicted octanol–water partition coefficient (Wildman–Crippen LogP) is -0.647. The summed E-state index contributed by atoms with van der Waals surface area (Å²) in [7, 11) is 1.16. The lowest BCUT2D eigenvalue weighted by molar-refractivity contribution is -0.130. The maximum atomic E-state index is 10.7. The lowest BCUT2D eigenvalue weighted by atomic mass is 10.1. The summed E-state index contributed by atoms with van der Waals surface area (Å²) in [4.78, 5) is 32.0. The van der Waals surface area contributed by atoms with Crippen LogP contribution in [0.25, 0.3) is 0 Å². The second-order valence-corrected chi connectivity index (χ2v) is 1.94. The van der Waals surface area contributed by atoms with Gasteiger partial charge in [0.2, 0.25) is 0 Å². The highest BCUT2D eigenvalue weighted by Gasteiger charge is 2.37. The van der Waals surface area contributed by atoms with Gasteiger partial charge >= 0.3 is 6.09 Å². The summed E-state index contributed by atoms with van der Waals surface area (Å²) in [6, 6.07) is 0. The molecule has 0 aromatic heterocycles. The molecule has 1 fully saturated rings. The van der Waals surface area contributed by atoms with Gasteiger partial charge in [0.05, 0.1) is 13.7 Å². The summed E-state index contributed by atoms with van der Waals surface area (Å²) in [6.45, 7) is 0.00894. The van der Waals surface area contributed by atoms with Gasteiger partial charge in [-0.25, -0.2) is 14.5 Å². The number of imide groups is 1. The number of hydrogen-bond acceptors (Lipinski definition) is 4.